The predicted octanol–water partition coefficient (Wildman–Crippen LogP) is 1.29. The van der Waals surface area contributed by atoms with Gasteiger partial charge in [0.25, 0.3) is 0 Å². The minimum Gasteiger partial charge on any atom is -0.478 e. The number of rotatable bonds is 3. The Labute approximate surface area is 77.6 Å². The van der Waals surface area contributed by atoms with Crippen molar-refractivity contribution in [3.63, 3.8) is 0 Å². The van der Waals surface area contributed by atoms with Crippen LogP contribution in [0.15, 0.2) is 29.0 Å². The molecule has 1 rings (SSSR count). The first kappa shape index (κ1) is 8.99. The van der Waals surface area contributed by atoms with Crippen LogP contribution in [0.4, 0.5) is 0 Å². The van der Waals surface area contributed by atoms with Crippen molar-refractivity contribution in [3.05, 3.63) is 29.0 Å². The molecule has 0 aliphatic heterocycles. The fraction of sp³-hybridized carbons (Fsp3) is 0.143. The molecule has 0 fully saturated rings. The van der Waals surface area contributed by atoms with Crippen LogP contribution in [0.3, 0.4) is 0 Å². The van der Waals surface area contributed by atoms with Crippen LogP contribution in [0.5, 0.6) is 0 Å². The monoisotopic (exact) mass is 230 g/mol. The number of nitrogens with zero attached hydrogens (tertiary/aromatic N) is 2. The highest BCUT2D eigenvalue weighted by molar-refractivity contribution is 9.10. The van der Waals surface area contributed by atoms with Crippen LogP contribution in [-0.4, -0.2) is 20.9 Å². The molecule has 0 atom stereocenters. The highest BCUT2D eigenvalue weighted by atomic mass is 79.9. The molecule has 5 heteroatoms. The number of aromatic nitrogens is 2. The topological polar surface area (TPSA) is 55.1 Å². The van der Waals surface area contributed by atoms with Gasteiger partial charge in [-0.2, -0.15) is 5.10 Å². The van der Waals surface area contributed by atoms with Crippen molar-refractivity contribution in [3.8, 4) is 0 Å². The number of carboxylic acid groups (broad SMARTS) is 1. The van der Waals surface area contributed by atoms with Crippen molar-refractivity contribution < 1.29 is 9.90 Å². The van der Waals surface area contributed by atoms with Gasteiger partial charge < -0.3 is 5.11 Å². The predicted molar refractivity (Wildman–Crippen MR) is 46.7 cm³/mol. The van der Waals surface area contributed by atoms with Gasteiger partial charge in [-0.1, -0.05) is 6.08 Å². The summed E-state index contributed by atoms with van der Waals surface area (Å²) in [6.45, 7) is 0.470. The molecule has 0 radical (unpaired) electrons. The molecule has 0 aliphatic carbocycles. The summed E-state index contributed by atoms with van der Waals surface area (Å²) in [4.78, 5) is 10.1. The normalized spacial score (nSPS) is 10.8. The van der Waals surface area contributed by atoms with E-state index in [4.69, 9.17) is 5.11 Å². The number of allylic oxidation sites excluding steroid dienone is 1. The van der Waals surface area contributed by atoms with Crippen LogP contribution in [0, 0.1) is 0 Å². The number of carboxylic acids is 1. The lowest BCUT2D eigenvalue weighted by Crippen LogP contribution is -1.96. The third kappa shape index (κ3) is 2.87. The third-order valence-electron chi connectivity index (χ3n) is 1.15. The second-order valence-electron chi connectivity index (χ2n) is 2.12. The Hall–Kier alpha value is -1.10. The van der Waals surface area contributed by atoms with Gasteiger partial charge in [-0.05, 0) is 15.9 Å². The summed E-state index contributed by atoms with van der Waals surface area (Å²) in [5, 5.41) is 12.2. The maximum Gasteiger partial charge on any atom is 0.328 e. The summed E-state index contributed by atoms with van der Waals surface area (Å²) in [6, 6.07) is 0. The van der Waals surface area contributed by atoms with Crippen LogP contribution in [-0.2, 0) is 11.3 Å². The summed E-state index contributed by atoms with van der Waals surface area (Å²) in [7, 11) is 0. The molecule has 0 aliphatic rings. The van der Waals surface area contributed by atoms with Gasteiger partial charge in [0.15, 0.2) is 0 Å². The quantitative estimate of drug-likeness (QED) is 0.797. The first-order valence-corrected chi connectivity index (χ1v) is 4.05. The van der Waals surface area contributed by atoms with Crippen LogP contribution in [0.1, 0.15) is 0 Å². The highest BCUT2D eigenvalue weighted by Crippen LogP contribution is 2.05. The Morgan fingerprint density at radius 1 is 1.83 bits per heavy atom. The van der Waals surface area contributed by atoms with Crippen molar-refractivity contribution in [2.24, 2.45) is 0 Å². The van der Waals surface area contributed by atoms with Gasteiger partial charge in [0, 0.05) is 12.3 Å². The Bertz CT molecular complexity index is 306. The molecule has 0 spiro atoms. The van der Waals surface area contributed by atoms with Crippen molar-refractivity contribution in [2.75, 3.05) is 0 Å². The first-order valence-electron chi connectivity index (χ1n) is 3.26. The molecule has 1 heterocycles. The maximum atomic E-state index is 10.1. The number of halogens is 1. The number of hydrogen-bond donors (Lipinski definition) is 1. The van der Waals surface area contributed by atoms with Crippen molar-refractivity contribution >= 4 is 21.9 Å². The standard InChI is InChI=1S/C7H7BrN2O2/c8-6-4-9-10(5-6)3-1-2-7(11)12/h1-2,4-5H,3H2,(H,11,12). The average molecular weight is 231 g/mol. The van der Waals surface area contributed by atoms with Gasteiger partial charge >= 0.3 is 5.97 Å². The summed E-state index contributed by atoms with van der Waals surface area (Å²) in [5.41, 5.74) is 0. The van der Waals surface area contributed by atoms with Crippen LogP contribution in [0.25, 0.3) is 0 Å². The van der Waals surface area contributed by atoms with Crippen LogP contribution >= 0.6 is 15.9 Å². The Morgan fingerprint density at radius 3 is 3.08 bits per heavy atom. The molecule has 0 aromatic carbocycles. The molecule has 1 aromatic heterocycles. The van der Waals surface area contributed by atoms with E-state index in [0.29, 0.717) is 6.54 Å². The number of hydrogen-bond acceptors (Lipinski definition) is 2. The lowest BCUT2D eigenvalue weighted by atomic mass is 10.5. The Morgan fingerprint density at radius 2 is 2.58 bits per heavy atom. The zero-order chi connectivity index (χ0) is 8.97. The molecule has 0 unspecified atom stereocenters. The second-order valence-corrected chi connectivity index (χ2v) is 3.04. The number of aliphatic carboxylic acids is 1. The molecule has 4 nitrogen and oxygen atoms in total. The maximum absolute atomic E-state index is 10.1. The van der Waals surface area contributed by atoms with Gasteiger partial charge in [0.2, 0.25) is 0 Å². The van der Waals surface area contributed by atoms with Gasteiger partial charge in [-0.15, -0.1) is 0 Å². The molecule has 1 aromatic rings. The zero-order valence-electron chi connectivity index (χ0n) is 6.14. The Balaban J connectivity index is 2.48. The van der Waals surface area contributed by atoms with Crippen LogP contribution in [0.2, 0.25) is 0 Å². The fourth-order valence-corrected chi connectivity index (χ4v) is 1.03. The lowest BCUT2D eigenvalue weighted by Gasteiger charge is -1.91. The zero-order valence-corrected chi connectivity index (χ0v) is 7.73. The molecular formula is C7H7BrN2O2. The molecule has 1 N–H and O–H groups in total. The van der Waals surface area contributed by atoms with Gasteiger partial charge in [-0.25, -0.2) is 4.79 Å². The SMILES string of the molecule is O=C(O)C=CCn1cc(Br)cn1. The van der Waals surface area contributed by atoms with E-state index in [1.165, 1.54) is 6.08 Å². The highest BCUT2D eigenvalue weighted by Gasteiger charge is 1.91. The van der Waals surface area contributed by atoms with Gasteiger partial charge in [0.1, 0.15) is 0 Å². The van der Waals surface area contributed by atoms with E-state index < -0.39 is 5.97 Å². The van der Waals surface area contributed by atoms with E-state index in [0.717, 1.165) is 10.5 Å². The van der Waals surface area contributed by atoms with Crippen LogP contribution < -0.4 is 0 Å². The van der Waals surface area contributed by atoms with E-state index in [9.17, 15) is 4.79 Å². The van der Waals surface area contributed by atoms with Crippen molar-refractivity contribution in [1.29, 1.82) is 0 Å². The summed E-state index contributed by atoms with van der Waals surface area (Å²) in [5.74, 6) is -0.943. The second kappa shape index (κ2) is 4.06. The van der Waals surface area contributed by atoms with E-state index in [2.05, 4.69) is 21.0 Å². The summed E-state index contributed by atoms with van der Waals surface area (Å²) < 4.78 is 2.51. The van der Waals surface area contributed by atoms with E-state index in [-0.39, 0.29) is 0 Å². The molecule has 0 bridgehead atoms. The van der Waals surface area contributed by atoms with E-state index >= 15 is 0 Å². The summed E-state index contributed by atoms with van der Waals surface area (Å²) in [6.07, 6.45) is 6.04. The molecule has 0 saturated carbocycles. The molecule has 12 heavy (non-hydrogen) atoms. The molecular weight excluding hydrogens is 224 g/mol. The summed E-state index contributed by atoms with van der Waals surface area (Å²) >= 11 is 3.23. The Kier molecular flexibility index (Phi) is 3.04. The van der Waals surface area contributed by atoms with Gasteiger partial charge in [-0.3, -0.25) is 4.68 Å². The van der Waals surface area contributed by atoms with E-state index in [1.54, 1.807) is 17.1 Å². The minimum atomic E-state index is -0.943. The lowest BCUT2D eigenvalue weighted by molar-refractivity contribution is -0.131. The first-order chi connectivity index (χ1) is 5.68. The largest absolute Gasteiger partial charge is 0.478 e. The smallest absolute Gasteiger partial charge is 0.328 e. The average Bonchev–Trinajstić information content (AvgIpc) is 2.35. The van der Waals surface area contributed by atoms with Gasteiger partial charge in [0.05, 0.1) is 17.2 Å². The third-order valence-corrected chi connectivity index (χ3v) is 1.56. The molecule has 64 valence electrons. The number of carbonyl (C=O) groups is 1. The van der Waals surface area contributed by atoms with Crippen molar-refractivity contribution in [2.45, 2.75) is 6.54 Å². The molecule has 0 amide bonds. The van der Waals surface area contributed by atoms with Crippen molar-refractivity contribution in [1.82, 2.24) is 9.78 Å². The van der Waals surface area contributed by atoms with E-state index in [1.807, 2.05) is 0 Å². The minimum absolute atomic E-state index is 0.470. The molecule has 0 saturated heterocycles. The fourth-order valence-electron chi connectivity index (χ4n) is 0.700.